The van der Waals surface area contributed by atoms with Crippen molar-refractivity contribution in [2.45, 2.75) is 148 Å². The van der Waals surface area contributed by atoms with Crippen LogP contribution in [0.1, 0.15) is 99.8 Å². The van der Waals surface area contributed by atoms with Crippen molar-refractivity contribution >= 4 is 0 Å². The minimum absolute atomic E-state index is 0.0261. The first-order chi connectivity index (χ1) is 21.1. The molecule has 8 fully saturated rings. The standard InChI is InChI=1S/C37H62N2O6/c1-21-16-23(30(38)33(4,5)41)44-29-28(21)34(6)12-13-37-20-36(37)11-10-26(45-27-17-39(14-15-43-27)22-18-42-19-22)32(2,3)24(36)8-9-25(37)35(34,7)31(29)40/h21-31,40-41H,8-20,38H2,1-7H3/t21-,23-,24?,25+,26+,27?,28+,29+,30+,31+,34-,35-,36-,37?/m1/s1. The van der Waals surface area contributed by atoms with Crippen LogP contribution in [-0.4, -0.2) is 96.4 Å². The molecule has 256 valence electrons. The first-order valence-electron chi connectivity index (χ1n) is 18.5. The van der Waals surface area contributed by atoms with Crippen LogP contribution in [0.2, 0.25) is 0 Å². The van der Waals surface area contributed by atoms with Gasteiger partial charge in [0, 0.05) is 12.0 Å². The lowest BCUT2D eigenvalue weighted by atomic mass is 9.41. The first-order valence-corrected chi connectivity index (χ1v) is 18.5. The monoisotopic (exact) mass is 630 g/mol. The minimum Gasteiger partial charge on any atom is -0.390 e. The molecule has 3 unspecified atom stereocenters. The van der Waals surface area contributed by atoms with E-state index < -0.39 is 17.7 Å². The van der Waals surface area contributed by atoms with Gasteiger partial charge in [-0.2, -0.15) is 0 Å². The van der Waals surface area contributed by atoms with Crippen molar-refractivity contribution in [1.29, 1.82) is 0 Å². The Labute approximate surface area is 271 Å². The molecule has 4 N–H and O–H groups in total. The molecule has 0 aromatic rings. The fraction of sp³-hybridized carbons (Fsp3) is 1.00. The fourth-order valence-electron chi connectivity index (χ4n) is 13.9. The van der Waals surface area contributed by atoms with Crippen LogP contribution >= 0.6 is 0 Å². The summed E-state index contributed by atoms with van der Waals surface area (Å²) in [5.41, 5.74) is 6.15. The molecule has 3 aliphatic heterocycles. The van der Waals surface area contributed by atoms with Crippen LogP contribution in [0.25, 0.3) is 0 Å². The lowest BCUT2D eigenvalue weighted by Crippen LogP contribution is -2.60. The van der Waals surface area contributed by atoms with E-state index in [9.17, 15) is 10.2 Å². The Hall–Kier alpha value is -0.320. The van der Waals surface area contributed by atoms with E-state index in [0.717, 1.165) is 45.8 Å². The molecule has 8 aliphatic rings. The van der Waals surface area contributed by atoms with Gasteiger partial charge in [0.15, 0.2) is 6.29 Å². The number of aliphatic hydroxyl groups is 2. The molecule has 5 saturated carbocycles. The van der Waals surface area contributed by atoms with Gasteiger partial charge >= 0.3 is 0 Å². The predicted molar refractivity (Wildman–Crippen MR) is 171 cm³/mol. The molecule has 0 radical (unpaired) electrons. The van der Waals surface area contributed by atoms with Gasteiger partial charge in [0.2, 0.25) is 0 Å². The molecule has 2 spiro atoms. The molecule has 0 amide bonds. The molecule has 0 bridgehead atoms. The van der Waals surface area contributed by atoms with Gasteiger partial charge in [0.05, 0.1) is 68.5 Å². The van der Waals surface area contributed by atoms with Crippen molar-refractivity contribution in [3.05, 3.63) is 0 Å². The Morgan fingerprint density at radius 2 is 1.71 bits per heavy atom. The molecule has 8 rings (SSSR count). The maximum Gasteiger partial charge on any atom is 0.170 e. The Bertz CT molecular complexity index is 1170. The van der Waals surface area contributed by atoms with E-state index in [1.165, 1.54) is 38.5 Å². The van der Waals surface area contributed by atoms with Crippen LogP contribution in [0.15, 0.2) is 0 Å². The molecule has 3 saturated heterocycles. The molecule has 3 heterocycles. The van der Waals surface area contributed by atoms with Gasteiger partial charge in [-0.1, -0.05) is 34.6 Å². The maximum atomic E-state index is 12.5. The van der Waals surface area contributed by atoms with E-state index in [-0.39, 0.29) is 40.8 Å². The van der Waals surface area contributed by atoms with Crippen molar-refractivity contribution in [3.8, 4) is 0 Å². The number of nitrogens with zero attached hydrogens (tertiary/aromatic N) is 1. The molecule has 5 aliphatic carbocycles. The summed E-state index contributed by atoms with van der Waals surface area (Å²) in [5.74, 6) is 1.85. The topological polar surface area (TPSA) is 107 Å². The molecular weight excluding hydrogens is 568 g/mol. The van der Waals surface area contributed by atoms with Crippen molar-refractivity contribution in [2.24, 2.45) is 56.5 Å². The number of nitrogens with two attached hydrogens (primary N) is 1. The lowest BCUT2D eigenvalue weighted by Gasteiger charge is -2.64. The third-order valence-corrected chi connectivity index (χ3v) is 16.5. The van der Waals surface area contributed by atoms with Crippen LogP contribution < -0.4 is 5.73 Å². The maximum absolute atomic E-state index is 12.5. The number of aliphatic hydroxyl groups excluding tert-OH is 1. The molecular formula is C37H62N2O6. The average Bonchev–Trinajstić information content (AvgIpc) is 3.57. The van der Waals surface area contributed by atoms with E-state index in [4.69, 9.17) is 24.7 Å². The van der Waals surface area contributed by atoms with Gasteiger partial charge in [-0.3, -0.25) is 4.90 Å². The van der Waals surface area contributed by atoms with Gasteiger partial charge < -0.3 is 34.9 Å². The van der Waals surface area contributed by atoms with Crippen LogP contribution in [0.3, 0.4) is 0 Å². The molecule has 0 aromatic heterocycles. The zero-order valence-corrected chi connectivity index (χ0v) is 29.1. The summed E-state index contributed by atoms with van der Waals surface area (Å²) >= 11 is 0. The highest BCUT2D eigenvalue weighted by molar-refractivity contribution is 5.33. The summed E-state index contributed by atoms with van der Waals surface area (Å²) in [4.78, 5) is 2.51. The summed E-state index contributed by atoms with van der Waals surface area (Å²) in [5, 5.41) is 23.2. The third kappa shape index (κ3) is 4.12. The zero-order valence-electron chi connectivity index (χ0n) is 29.1. The Kier molecular flexibility index (Phi) is 7.18. The SMILES string of the molecule is C[C@@H]1C[C@H]([C@H](N)C(C)(C)O)O[C@H]2[C@H]1[C@@]1(C)CCC34C[C@@]35CC[C@H](OC3CN(C6COC6)CCO3)C(C)(C)C5CC[C@H]4[C@]1(C)[C@H]2O. The van der Waals surface area contributed by atoms with E-state index in [1.54, 1.807) is 13.8 Å². The van der Waals surface area contributed by atoms with Crippen LogP contribution in [0.5, 0.6) is 0 Å². The molecule has 14 atom stereocenters. The van der Waals surface area contributed by atoms with E-state index in [1.807, 2.05) is 0 Å². The van der Waals surface area contributed by atoms with E-state index in [2.05, 4.69) is 39.5 Å². The second-order valence-electron chi connectivity index (χ2n) is 18.8. The second kappa shape index (κ2) is 10.1. The third-order valence-electron chi connectivity index (χ3n) is 16.5. The Morgan fingerprint density at radius 1 is 1.00 bits per heavy atom. The molecule has 8 heteroatoms. The number of fused-ring (bicyclic) bond motifs is 4. The zero-order chi connectivity index (χ0) is 31.9. The van der Waals surface area contributed by atoms with Gasteiger partial charge in [-0.25, -0.2) is 0 Å². The number of hydrogen-bond acceptors (Lipinski definition) is 8. The molecule has 0 aromatic carbocycles. The van der Waals surface area contributed by atoms with E-state index in [0.29, 0.717) is 40.5 Å². The normalized spacial score (nSPS) is 54.9. The predicted octanol–water partition coefficient (Wildman–Crippen LogP) is 4.34. The first kappa shape index (κ1) is 31.9. The van der Waals surface area contributed by atoms with Crippen LogP contribution in [-0.2, 0) is 18.9 Å². The Balaban J connectivity index is 1.03. The van der Waals surface area contributed by atoms with E-state index >= 15 is 0 Å². The Morgan fingerprint density at radius 3 is 2.40 bits per heavy atom. The summed E-state index contributed by atoms with van der Waals surface area (Å²) in [6.45, 7) is 20.1. The molecule has 8 nitrogen and oxygen atoms in total. The number of hydrogen-bond donors (Lipinski definition) is 3. The highest BCUT2D eigenvalue weighted by Gasteiger charge is 2.84. The van der Waals surface area contributed by atoms with Gasteiger partial charge in [-0.15, -0.1) is 0 Å². The number of ether oxygens (including phenoxy) is 4. The van der Waals surface area contributed by atoms with Crippen LogP contribution in [0, 0.1) is 50.7 Å². The lowest BCUT2D eigenvalue weighted by molar-refractivity contribution is -0.256. The highest BCUT2D eigenvalue weighted by Crippen LogP contribution is 2.89. The van der Waals surface area contributed by atoms with Gasteiger partial charge in [0.25, 0.3) is 0 Å². The van der Waals surface area contributed by atoms with Crippen molar-refractivity contribution in [2.75, 3.05) is 32.9 Å². The van der Waals surface area contributed by atoms with Gasteiger partial charge in [-0.05, 0) is 111 Å². The summed E-state index contributed by atoms with van der Waals surface area (Å²) in [6, 6.07) is 0.0497. The number of morpholine rings is 1. The van der Waals surface area contributed by atoms with Crippen molar-refractivity contribution in [3.63, 3.8) is 0 Å². The summed E-state index contributed by atoms with van der Waals surface area (Å²) in [6.07, 6.45) is 8.44. The van der Waals surface area contributed by atoms with Crippen molar-refractivity contribution < 1.29 is 29.2 Å². The second-order valence-corrected chi connectivity index (χ2v) is 18.8. The number of rotatable bonds is 5. The quantitative estimate of drug-likeness (QED) is 0.412. The average molecular weight is 631 g/mol. The van der Waals surface area contributed by atoms with Crippen molar-refractivity contribution in [1.82, 2.24) is 4.90 Å². The van der Waals surface area contributed by atoms with Crippen LogP contribution in [0.4, 0.5) is 0 Å². The van der Waals surface area contributed by atoms with Gasteiger partial charge in [0.1, 0.15) is 0 Å². The summed E-state index contributed by atoms with van der Waals surface area (Å²) < 4.78 is 25.4. The minimum atomic E-state index is -1.02. The highest BCUT2D eigenvalue weighted by atomic mass is 16.7. The summed E-state index contributed by atoms with van der Waals surface area (Å²) in [7, 11) is 0. The fourth-order valence-corrected chi connectivity index (χ4v) is 13.9. The largest absolute Gasteiger partial charge is 0.390 e. The smallest absolute Gasteiger partial charge is 0.170 e. The molecule has 45 heavy (non-hydrogen) atoms.